The predicted molar refractivity (Wildman–Crippen MR) is 107 cm³/mol. The molecule has 4 unspecified atom stereocenters. The topological polar surface area (TPSA) is 59.5 Å². The molecule has 0 radical (unpaired) electrons. The van der Waals surface area contributed by atoms with E-state index in [2.05, 4.69) is 4.98 Å². The molecule has 1 aromatic heterocycles. The third-order valence-electron chi connectivity index (χ3n) is 5.80. The Labute approximate surface area is 172 Å². The first-order valence-corrected chi connectivity index (χ1v) is 10.7. The lowest BCUT2D eigenvalue weighted by Crippen LogP contribution is -2.41. The average Bonchev–Trinajstić information content (AvgIpc) is 3.30. The fourth-order valence-electron chi connectivity index (χ4n) is 4.41. The molecule has 1 saturated carbocycles. The van der Waals surface area contributed by atoms with E-state index in [1.165, 1.54) is 11.3 Å². The number of anilines is 1. The Balaban J connectivity index is 1.64. The molecule has 4 atom stereocenters. The molecule has 0 saturated heterocycles. The Bertz CT molecular complexity index is 970. The van der Waals surface area contributed by atoms with Crippen molar-refractivity contribution in [2.24, 2.45) is 5.92 Å². The number of ether oxygens (including phenoxy) is 1. The Kier molecular flexibility index (Phi) is 4.29. The van der Waals surface area contributed by atoms with Gasteiger partial charge in [0.15, 0.2) is 16.7 Å². The van der Waals surface area contributed by atoms with E-state index in [-0.39, 0.29) is 34.8 Å². The standard InChI is InChI=1S/C21H19ClN2O3S/c1-11-2-4-12(5-3-11)17-16-18(25)14-10-13(22)6-7-15(14)27-19(16)20(26)24(17)21-23-8-9-28-21/h2-5,8-9,13-15,17H,6-7,10H2,1H3. The van der Waals surface area contributed by atoms with Gasteiger partial charge in [0.25, 0.3) is 5.91 Å². The number of ketones is 1. The second-order valence-corrected chi connectivity index (χ2v) is 9.07. The lowest BCUT2D eigenvalue weighted by atomic mass is 9.77. The number of thiazole rings is 1. The molecule has 2 aromatic rings. The molecule has 28 heavy (non-hydrogen) atoms. The zero-order valence-corrected chi connectivity index (χ0v) is 16.9. The first kappa shape index (κ1) is 17.9. The van der Waals surface area contributed by atoms with Crippen LogP contribution in [0, 0.1) is 12.8 Å². The normalized spacial score (nSPS) is 29.6. The highest BCUT2D eigenvalue weighted by atomic mass is 35.5. The Hall–Kier alpha value is -2.18. The minimum Gasteiger partial charge on any atom is -0.483 e. The fraction of sp³-hybridized carbons (Fsp3) is 0.381. The molecule has 5 nitrogen and oxygen atoms in total. The first-order chi connectivity index (χ1) is 13.5. The van der Waals surface area contributed by atoms with Gasteiger partial charge in [-0.15, -0.1) is 22.9 Å². The van der Waals surface area contributed by atoms with Crippen molar-refractivity contribution in [1.29, 1.82) is 0 Å². The van der Waals surface area contributed by atoms with Crippen LogP contribution < -0.4 is 4.90 Å². The Morgan fingerprint density at radius 3 is 2.71 bits per heavy atom. The van der Waals surface area contributed by atoms with Gasteiger partial charge >= 0.3 is 0 Å². The smallest absolute Gasteiger partial charge is 0.296 e. The highest BCUT2D eigenvalue weighted by Crippen LogP contribution is 2.48. The van der Waals surface area contributed by atoms with Crippen molar-refractivity contribution < 1.29 is 14.3 Å². The van der Waals surface area contributed by atoms with Crippen LogP contribution >= 0.6 is 22.9 Å². The number of carbonyl (C=O) groups excluding carboxylic acids is 2. The predicted octanol–water partition coefficient (Wildman–Crippen LogP) is 4.17. The van der Waals surface area contributed by atoms with Gasteiger partial charge in [0.1, 0.15) is 6.10 Å². The molecule has 0 spiro atoms. The van der Waals surface area contributed by atoms with E-state index in [9.17, 15) is 9.59 Å². The van der Waals surface area contributed by atoms with Crippen LogP contribution in [0.1, 0.15) is 36.4 Å². The summed E-state index contributed by atoms with van der Waals surface area (Å²) in [7, 11) is 0. The maximum Gasteiger partial charge on any atom is 0.296 e. The number of Topliss-reactive ketones (excluding diaryl/α,β-unsaturated/α-hetero) is 1. The number of hydrogen-bond acceptors (Lipinski definition) is 5. The summed E-state index contributed by atoms with van der Waals surface area (Å²) in [5.41, 5.74) is 2.45. The van der Waals surface area contributed by atoms with E-state index in [0.717, 1.165) is 17.5 Å². The van der Waals surface area contributed by atoms with Crippen molar-refractivity contribution in [2.75, 3.05) is 4.90 Å². The van der Waals surface area contributed by atoms with Gasteiger partial charge in [-0.1, -0.05) is 29.8 Å². The van der Waals surface area contributed by atoms with Gasteiger partial charge in [0.05, 0.1) is 17.5 Å². The molecular formula is C21H19ClN2O3S. The van der Waals surface area contributed by atoms with Gasteiger partial charge < -0.3 is 4.74 Å². The molecule has 3 heterocycles. The van der Waals surface area contributed by atoms with Gasteiger partial charge in [-0.2, -0.15) is 0 Å². The van der Waals surface area contributed by atoms with Crippen LogP contribution in [0.25, 0.3) is 0 Å². The SMILES string of the molecule is Cc1ccc(C2C3=C(OC4CCC(Cl)CC4C3=O)C(=O)N2c2nccs2)cc1. The van der Waals surface area contributed by atoms with Crippen LogP contribution in [0.3, 0.4) is 0 Å². The number of rotatable bonds is 2. The Morgan fingerprint density at radius 1 is 1.21 bits per heavy atom. The lowest BCUT2D eigenvalue weighted by molar-refractivity contribution is -0.131. The number of carbonyl (C=O) groups is 2. The molecule has 144 valence electrons. The summed E-state index contributed by atoms with van der Waals surface area (Å²) in [5, 5.41) is 2.37. The minimum absolute atomic E-state index is 0.00502. The van der Waals surface area contributed by atoms with Crippen molar-refractivity contribution in [3.63, 3.8) is 0 Å². The summed E-state index contributed by atoms with van der Waals surface area (Å²) >= 11 is 7.72. The molecule has 0 bridgehead atoms. The molecule has 3 aliphatic rings. The summed E-state index contributed by atoms with van der Waals surface area (Å²) in [4.78, 5) is 32.8. The zero-order valence-electron chi connectivity index (χ0n) is 15.3. The van der Waals surface area contributed by atoms with Crippen LogP contribution in [0.4, 0.5) is 5.13 Å². The molecule has 1 amide bonds. The fourth-order valence-corrected chi connectivity index (χ4v) is 5.40. The van der Waals surface area contributed by atoms with Gasteiger partial charge in [0, 0.05) is 17.0 Å². The van der Waals surface area contributed by atoms with E-state index in [1.54, 1.807) is 11.1 Å². The number of benzene rings is 1. The molecule has 1 aliphatic carbocycles. The number of fused-ring (bicyclic) bond motifs is 1. The van der Waals surface area contributed by atoms with E-state index in [4.69, 9.17) is 16.3 Å². The number of nitrogens with zero attached hydrogens (tertiary/aromatic N) is 2. The minimum atomic E-state index is -0.515. The summed E-state index contributed by atoms with van der Waals surface area (Å²) in [6.45, 7) is 2.01. The quantitative estimate of drug-likeness (QED) is 0.692. The average molecular weight is 415 g/mol. The third-order valence-corrected chi connectivity index (χ3v) is 6.97. The van der Waals surface area contributed by atoms with E-state index in [1.807, 2.05) is 36.6 Å². The van der Waals surface area contributed by atoms with E-state index >= 15 is 0 Å². The number of halogens is 1. The monoisotopic (exact) mass is 414 g/mol. The van der Waals surface area contributed by atoms with Crippen LogP contribution in [0.2, 0.25) is 0 Å². The molecule has 7 heteroatoms. The molecule has 2 aliphatic heterocycles. The molecule has 1 fully saturated rings. The zero-order chi connectivity index (χ0) is 19.4. The number of aromatic nitrogens is 1. The summed E-state index contributed by atoms with van der Waals surface area (Å²) in [5.74, 6) is -0.378. The van der Waals surface area contributed by atoms with Crippen molar-refractivity contribution in [1.82, 2.24) is 4.98 Å². The summed E-state index contributed by atoms with van der Waals surface area (Å²) < 4.78 is 6.13. The van der Waals surface area contributed by atoms with Crippen LogP contribution in [-0.2, 0) is 14.3 Å². The van der Waals surface area contributed by atoms with Crippen molar-refractivity contribution in [3.05, 3.63) is 58.3 Å². The number of hydrogen-bond donors (Lipinski definition) is 0. The summed E-state index contributed by atoms with van der Waals surface area (Å²) in [6.07, 6.45) is 3.48. The molecular weight excluding hydrogens is 396 g/mol. The maximum absolute atomic E-state index is 13.5. The second kappa shape index (κ2) is 6.71. The van der Waals surface area contributed by atoms with Gasteiger partial charge in [0.2, 0.25) is 0 Å². The maximum atomic E-state index is 13.5. The number of aryl methyl sites for hydroxylation is 1. The van der Waals surface area contributed by atoms with Crippen LogP contribution in [-0.4, -0.2) is 28.2 Å². The Morgan fingerprint density at radius 2 is 2.00 bits per heavy atom. The third kappa shape index (κ3) is 2.70. The molecule has 1 aromatic carbocycles. The number of amides is 1. The van der Waals surface area contributed by atoms with Crippen molar-refractivity contribution in [2.45, 2.75) is 43.7 Å². The largest absolute Gasteiger partial charge is 0.483 e. The summed E-state index contributed by atoms with van der Waals surface area (Å²) in [6, 6.07) is 7.40. The molecule has 5 rings (SSSR count). The number of alkyl halides is 1. The van der Waals surface area contributed by atoms with Gasteiger partial charge in [-0.3, -0.25) is 14.5 Å². The first-order valence-electron chi connectivity index (χ1n) is 9.43. The van der Waals surface area contributed by atoms with E-state index < -0.39 is 6.04 Å². The van der Waals surface area contributed by atoms with Gasteiger partial charge in [-0.05, 0) is 31.7 Å². The molecule has 0 N–H and O–H groups in total. The lowest BCUT2D eigenvalue weighted by Gasteiger charge is -2.37. The second-order valence-electron chi connectivity index (χ2n) is 7.58. The van der Waals surface area contributed by atoms with Gasteiger partial charge in [-0.25, -0.2) is 4.98 Å². The van der Waals surface area contributed by atoms with Crippen LogP contribution in [0.5, 0.6) is 0 Å². The van der Waals surface area contributed by atoms with Crippen molar-refractivity contribution >= 4 is 39.8 Å². The van der Waals surface area contributed by atoms with E-state index in [0.29, 0.717) is 23.5 Å². The van der Waals surface area contributed by atoms with Crippen molar-refractivity contribution in [3.8, 4) is 0 Å². The highest BCUT2D eigenvalue weighted by molar-refractivity contribution is 7.13. The van der Waals surface area contributed by atoms with Crippen LogP contribution in [0.15, 0.2) is 47.2 Å². The highest BCUT2D eigenvalue weighted by Gasteiger charge is 2.53.